The van der Waals surface area contributed by atoms with Crippen molar-refractivity contribution in [2.45, 2.75) is 0 Å². The molecule has 0 unspecified atom stereocenters. The molecule has 0 aliphatic carbocycles. The summed E-state index contributed by atoms with van der Waals surface area (Å²) in [7, 11) is 1.59. The maximum absolute atomic E-state index is 13.5. The van der Waals surface area contributed by atoms with Crippen LogP contribution in [0.5, 0.6) is 17.2 Å². The summed E-state index contributed by atoms with van der Waals surface area (Å²) in [6.45, 7) is 0. The summed E-state index contributed by atoms with van der Waals surface area (Å²) in [4.78, 5) is 39.9. The van der Waals surface area contributed by atoms with E-state index in [0.29, 0.717) is 39.1 Å². The predicted octanol–water partition coefficient (Wildman–Crippen LogP) is 27.8. The van der Waals surface area contributed by atoms with Gasteiger partial charge >= 0.3 is 0 Å². The number of thiophene rings is 1. The number of benzene rings is 21. The van der Waals surface area contributed by atoms with Gasteiger partial charge in [-0.2, -0.15) is 0 Å². The number of aromatic hydroxyl groups is 2. The molecular weight excluding hydrogens is 1540 g/mol. The highest BCUT2D eigenvalue weighted by molar-refractivity contribution is 9.11. The molecule has 108 heavy (non-hydrogen) atoms. The van der Waals surface area contributed by atoms with Gasteiger partial charge in [-0.1, -0.05) is 254 Å². The van der Waals surface area contributed by atoms with Gasteiger partial charge in [0.25, 0.3) is 0 Å². The van der Waals surface area contributed by atoms with E-state index in [1.54, 1.807) is 55.6 Å². The molecule has 0 spiro atoms. The van der Waals surface area contributed by atoms with Crippen molar-refractivity contribution < 1.29 is 29.3 Å². The van der Waals surface area contributed by atoms with Crippen molar-refractivity contribution in [3.63, 3.8) is 0 Å². The van der Waals surface area contributed by atoms with Crippen LogP contribution < -0.4 is 4.74 Å². The molecule has 22 aromatic rings. The van der Waals surface area contributed by atoms with Gasteiger partial charge in [0, 0.05) is 50.3 Å². The summed E-state index contributed by atoms with van der Waals surface area (Å²) >= 11 is 12.6. The maximum Gasteiger partial charge on any atom is 0.197 e. The van der Waals surface area contributed by atoms with Crippen LogP contribution in [0, 0.1) is 0 Å². The minimum Gasteiger partial charge on any atom is -0.507 e. The first-order valence-electron chi connectivity index (χ1n) is 35.3. The second-order valence-corrected chi connectivity index (χ2v) is 31.2. The first-order chi connectivity index (χ1) is 52.8. The summed E-state index contributed by atoms with van der Waals surface area (Å²) < 4.78 is 11.2. The Morgan fingerprint density at radius 3 is 1.03 bits per heavy atom. The summed E-state index contributed by atoms with van der Waals surface area (Å²) in [5.74, 6) is 0.249. The smallest absolute Gasteiger partial charge is 0.197 e. The van der Waals surface area contributed by atoms with E-state index < -0.39 is 0 Å². The van der Waals surface area contributed by atoms with Gasteiger partial charge in [-0.3, -0.25) is 14.4 Å². The Hall–Kier alpha value is -12.2. The van der Waals surface area contributed by atoms with Gasteiger partial charge in [-0.25, -0.2) is 0 Å². The molecule has 0 radical (unpaired) electrons. The van der Waals surface area contributed by atoms with E-state index in [1.807, 2.05) is 78.1 Å². The van der Waals surface area contributed by atoms with Crippen molar-refractivity contribution in [1.82, 2.24) is 0 Å². The van der Waals surface area contributed by atoms with Gasteiger partial charge < -0.3 is 14.9 Å². The molecule has 21 aromatic carbocycles. The first kappa shape index (κ1) is 66.5. The monoisotopic (exact) mass is 1600 g/mol. The zero-order valence-electron chi connectivity index (χ0n) is 57.6. The third kappa shape index (κ3) is 11.2. The molecule has 1 aromatic heterocycles. The van der Waals surface area contributed by atoms with E-state index in [9.17, 15) is 24.6 Å². The molecule has 0 aliphatic heterocycles. The third-order valence-electron chi connectivity index (χ3n) is 21.3. The van der Waals surface area contributed by atoms with E-state index in [0.717, 1.165) is 88.8 Å². The van der Waals surface area contributed by atoms with E-state index >= 15 is 0 Å². The van der Waals surface area contributed by atoms with Crippen LogP contribution in [0.25, 0.3) is 161 Å². The number of carbonyl (C=O) groups is 3. The molecule has 0 amide bonds. The van der Waals surface area contributed by atoms with Gasteiger partial charge in [-0.15, -0.1) is 11.3 Å². The van der Waals surface area contributed by atoms with Crippen LogP contribution >= 0.6 is 59.1 Å². The predicted molar refractivity (Wildman–Crippen MR) is 462 cm³/mol. The number of fused-ring (bicyclic) bond motifs is 3. The fourth-order valence-corrected chi connectivity index (χ4v) is 19.1. The van der Waals surface area contributed by atoms with Gasteiger partial charge in [0.2, 0.25) is 0 Å². The highest BCUT2D eigenvalue weighted by atomic mass is 79.9. The number of halogens is 3. The van der Waals surface area contributed by atoms with Crippen LogP contribution in [-0.2, 0) is 0 Å². The van der Waals surface area contributed by atoms with Crippen LogP contribution in [0.15, 0.2) is 329 Å². The quantitative estimate of drug-likeness (QED) is 0.116. The largest absolute Gasteiger partial charge is 0.507 e. The number of phenolic OH excluding ortho intramolecular Hbond substituents is 2. The number of phenols is 2. The minimum absolute atomic E-state index is 0.00301. The highest BCUT2D eigenvalue weighted by Gasteiger charge is 2.24. The van der Waals surface area contributed by atoms with E-state index in [4.69, 9.17) is 4.74 Å². The average molecular weight is 1600 g/mol. The second-order valence-electron chi connectivity index (χ2n) is 27.4. The first-order valence-corrected chi connectivity index (χ1v) is 38.5. The number of hydrogen-bond donors (Lipinski definition) is 2. The Labute approximate surface area is 647 Å². The molecule has 2 N–H and O–H groups in total. The van der Waals surface area contributed by atoms with E-state index in [1.165, 1.54) is 85.2 Å². The normalized spacial score (nSPS) is 11.7. The van der Waals surface area contributed by atoms with Gasteiger partial charge in [0.1, 0.15) is 17.2 Å². The van der Waals surface area contributed by atoms with Crippen molar-refractivity contribution in [2.24, 2.45) is 0 Å². The van der Waals surface area contributed by atoms with Crippen LogP contribution in [-0.4, -0.2) is 34.7 Å². The molecule has 0 atom stereocenters. The lowest BCUT2D eigenvalue weighted by molar-refractivity contribution is 0.102. The highest BCUT2D eigenvalue weighted by Crippen LogP contribution is 2.46. The molecule has 0 fully saturated rings. The number of methoxy groups -OCH3 is 1. The average Bonchev–Trinajstić information content (AvgIpc) is 0.875. The Morgan fingerprint density at radius 1 is 0.278 bits per heavy atom. The fraction of sp³-hybridized carbons (Fsp3) is 0.0102. The fourth-order valence-electron chi connectivity index (χ4n) is 16.4. The molecule has 0 bridgehead atoms. The summed E-state index contributed by atoms with van der Waals surface area (Å²) in [6.07, 6.45) is 0. The second kappa shape index (κ2) is 26.7. The lowest BCUT2D eigenvalue weighted by atomic mass is 9.88. The zero-order chi connectivity index (χ0) is 73.2. The van der Waals surface area contributed by atoms with Gasteiger partial charge in [-0.05, 0) is 250 Å². The Morgan fingerprint density at radius 2 is 0.593 bits per heavy atom. The molecule has 0 saturated carbocycles. The molecule has 22 rings (SSSR count). The molecule has 0 saturated heterocycles. The summed E-state index contributed by atoms with van der Waals surface area (Å²) in [5, 5.41) is 50.9. The maximum atomic E-state index is 13.5. The molecular formula is C98H57Br3O6S. The van der Waals surface area contributed by atoms with Crippen molar-refractivity contribution in [2.75, 3.05) is 7.11 Å². The third-order valence-corrected chi connectivity index (χ3v) is 23.8. The zero-order valence-corrected chi connectivity index (χ0v) is 63.2. The van der Waals surface area contributed by atoms with Crippen molar-refractivity contribution in [3.8, 4) is 28.4 Å². The topological polar surface area (TPSA) is 101 Å². The van der Waals surface area contributed by atoms with Gasteiger partial charge in [0.15, 0.2) is 17.3 Å². The van der Waals surface area contributed by atoms with Gasteiger partial charge in [0.05, 0.1) is 23.8 Å². The Kier molecular flexibility index (Phi) is 16.5. The van der Waals surface area contributed by atoms with E-state index in [-0.39, 0.29) is 28.8 Å². The Bertz CT molecular complexity index is 7330. The number of ether oxygens (including phenoxy) is 1. The number of carbonyl (C=O) groups excluding carboxylic acids is 3. The lowest BCUT2D eigenvalue weighted by Crippen LogP contribution is -2.05. The van der Waals surface area contributed by atoms with Crippen LogP contribution in [0.3, 0.4) is 0 Å². The van der Waals surface area contributed by atoms with Crippen molar-refractivity contribution in [1.29, 1.82) is 0 Å². The molecule has 1 heterocycles. The SMILES string of the molecule is Brc1cc2ccc3cccc4ccc(c1)c2c34.COc1ccccc1C(=O)c1ccc2ccc3cc(Br)cc4ccc1c2c34.O=C(c1ccccc1O)c1ccc2ccc3cc(-c4cccc5c4sc4ccccc45)cc4ccc1c2c34.O=C(c1ccccc1O)c1ccc2ccc3cc(Br)cc4ccc1c2c34. The van der Waals surface area contributed by atoms with Crippen LogP contribution in [0.2, 0.25) is 0 Å². The molecule has 6 nitrogen and oxygen atoms in total. The standard InChI is InChI=1S/C35H20O2S.C24H15BrO2.C23H13BrO2.C16H9Br/c36-30-10-3-1-7-29(30)34(37)27-17-14-20-12-13-21-18-23(19-22-15-16-26(27)33(20)32(21)22)24-8-5-9-28-25-6-2-4-11-31(25)38-35(24)28;1-27-21-5-3-2-4-20(21)24(26)19-11-8-14-6-7-15-12-17(25)13-16-9-10-18(19)23(14)22(15)16;24-16-11-14-6-5-13-7-10-18(23(26)19-3-1-2-4-20(19)25)17-9-8-15(12-16)21(14)22(13)17;17-14-8-12-6-4-10-2-1-3-11-5-7-13(9-14)16(12)15(10)11/h1-19,36H;2-13H,1H3;1-12,25H;1-9H. The summed E-state index contributed by atoms with van der Waals surface area (Å²) in [6, 6.07) is 105. The number of ketones is 3. The molecule has 0 aliphatic rings. The number of rotatable bonds is 8. The number of para-hydroxylation sites is 3. The van der Waals surface area contributed by atoms with Crippen LogP contribution in [0.1, 0.15) is 47.8 Å². The van der Waals surface area contributed by atoms with Crippen molar-refractivity contribution in [3.05, 3.63) is 362 Å². The van der Waals surface area contributed by atoms with E-state index in [2.05, 4.69) is 248 Å². The summed E-state index contributed by atoms with van der Waals surface area (Å²) in [5.41, 5.74) is 5.57. The minimum atomic E-state index is -0.168. The lowest BCUT2D eigenvalue weighted by Gasteiger charge is -2.15. The van der Waals surface area contributed by atoms with Crippen molar-refractivity contribution >= 4 is 226 Å². The number of hydrogen-bond acceptors (Lipinski definition) is 7. The Balaban J connectivity index is 0.000000102. The van der Waals surface area contributed by atoms with Crippen LogP contribution in [0.4, 0.5) is 0 Å². The molecule has 512 valence electrons. The molecule has 10 heteroatoms.